The number of benzene rings is 1. The summed E-state index contributed by atoms with van der Waals surface area (Å²) in [6, 6.07) is 9.29. The van der Waals surface area contributed by atoms with Gasteiger partial charge >= 0.3 is 0 Å². The second kappa shape index (κ2) is 7.42. The van der Waals surface area contributed by atoms with Crippen molar-refractivity contribution in [2.75, 3.05) is 18.5 Å². The monoisotopic (exact) mass is 354 g/mol. The molecule has 20 heavy (non-hydrogen) atoms. The number of carbonyl (C=O) groups is 1. The van der Waals surface area contributed by atoms with Gasteiger partial charge in [-0.2, -0.15) is 0 Å². The number of hydrogen-bond acceptors (Lipinski definition) is 4. The molecule has 0 unspecified atom stereocenters. The van der Waals surface area contributed by atoms with E-state index in [-0.39, 0.29) is 19.1 Å². The Kier molecular flexibility index (Phi) is 5.58. The first-order valence-electron chi connectivity index (χ1n) is 6.15. The summed E-state index contributed by atoms with van der Waals surface area (Å²) in [7, 11) is 0. The zero-order valence-corrected chi connectivity index (χ0v) is 13.1. The van der Waals surface area contributed by atoms with Crippen LogP contribution in [-0.4, -0.2) is 24.2 Å². The van der Waals surface area contributed by atoms with Crippen LogP contribution in [0.15, 0.2) is 40.2 Å². The minimum Gasteiger partial charge on any atom is -0.395 e. The fourth-order valence-corrected chi connectivity index (χ4v) is 3.08. The average Bonchev–Trinajstić information content (AvgIpc) is 2.88. The molecule has 0 fully saturated rings. The highest BCUT2D eigenvalue weighted by Crippen LogP contribution is 2.23. The highest BCUT2D eigenvalue weighted by atomic mass is 79.9. The third kappa shape index (κ3) is 4.06. The Hall–Kier alpha value is -1.37. The van der Waals surface area contributed by atoms with Gasteiger partial charge in [0.15, 0.2) is 0 Å². The summed E-state index contributed by atoms with van der Waals surface area (Å²) in [5.41, 5.74) is 1.55. The first kappa shape index (κ1) is 15.0. The summed E-state index contributed by atoms with van der Waals surface area (Å²) in [6.07, 6.45) is 0. The molecule has 1 aromatic heterocycles. The molecule has 0 aliphatic heterocycles. The van der Waals surface area contributed by atoms with Crippen molar-refractivity contribution in [3.63, 3.8) is 0 Å². The van der Waals surface area contributed by atoms with E-state index in [0.717, 1.165) is 16.7 Å². The zero-order valence-electron chi connectivity index (χ0n) is 10.7. The van der Waals surface area contributed by atoms with E-state index in [1.807, 2.05) is 23.6 Å². The molecule has 0 atom stereocenters. The summed E-state index contributed by atoms with van der Waals surface area (Å²) in [4.78, 5) is 12.9. The lowest BCUT2D eigenvalue weighted by atomic mass is 10.2. The standard InChI is InChI=1S/C14H15BrN2O2S/c15-12-5-8-20-13(12)9-17-11-3-1-10(2-4-11)14(19)16-6-7-18/h1-5,8,17-18H,6-7,9H2,(H,16,19). The number of aliphatic hydroxyl groups is 1. The lowest BCUT2D eigenvalue weighted by Crippen LogP contribution is -2.26. The molecule has 1 amide bonds. The molecule has 0 aliphatic rings. The smallest absolute Gasteiger partial charge is 0.251 e. The Morgan fingerprint density at radius 2 is 2.00 bits per heavy atom. The highest BCUT2D eigenvalue weighted by molar-refractivity contribution is 9.10. The predicted octanol–water partition coefficient (Wildman–Crippen LogP) is 2.84. The number of halogens is 1. The van der Waals surface area contributed by atoms with E-state index in [4.69, 9.17) is 5.11 Å². The summed E-state index contributed by atoms with van der Waals surface area (Å²) in [5.74, 6) is -0.174. The van der Waals surface area contributed by atoms with Crippen molar-refractivity contribution in [3.8, 4) is 0 Å². The van der Waals surface area contributed by atoms with Gasteiger partial charge in [-0.05, 0) is 51.6 Å². The number of carbonyl (C=O) groups excluding carboxylic acids is 1. The Morgan fingerprint density at radius 1 is 1.25 bits per heavy atom. The second-order valence-corrected chi connectivity index (χ2v) is 5.96. The third-order valence-electron chi connectivity index (χ3n) is 2.69. The maximum Gasteiger partial charge on any atom is 0.251 e. The molecular weight excluding hydrogens is 340 g/mol. The Morgan fingerprint density at radius 3 is 2.60 bits per heavy atom. The maximum absolute atomic E-state index is 11.7. The number of thiophene rings is 1. The SMILES string of the molecule is O=C(NCCO)c1ccc(NCc2sccc2Br)cc1. The van der Waals surface area contributed by atoms with Crippen LogP contribution in [0.25, 0.3) is 0 Å². The van der Waals surface area contributed by atoms with Crippen molar-refractivity contribution in [1.82, 2.24) is 5.32 Å². The molecule has 0 saturated carbocycles. The fraction of sp³-hybridized carbons (Fsp3) is 0.214. The van der Waals surface area contributed by atoms with Crippen molar-refractivity contribution in [2.45, 2.75) is 6.54 Å². The molecule has 106 valence electrons. The maximum atomic E-state index is 11.7. The quantitative estimate of drug-likeness (QED) is 0.747. The van der Waals surface area contributed by atoms with Gasteiger partial charge in [0.1, 0.15) is 0 Å². The van der Waals surface area contributed by atoms with Gasteiger partial charge < -0.3 is 15.7 Å². The molecule has 0 bridgehead atoms. The van der Waals surface area contributed by atoms with Gasteiger partial charge in [-0.1, -0.05) is 0 Å². The molecular formula is C14H15BrN2O2S. The molecule has 0 spiro atoms. The lowest BCUT2D eigenvalue weighted by Gasteiger charge is -2.07. The van der Waals surface area contributed by atoms with E-state index in [2.05, 4.69) is 26.6 Å². The Bertz CT molecular complexity index is 569. The van der Waals surface area contributed by atoms with E-state index in [9.17, 15) is 4.79 Å². The molecule has 1 aromatic carbocycles. The molecule has 0 aliphatic carbocycles. The van der Waals surface area contributed by atoms with Crippen LogP contribution in [0.3, 0.4) is 0 Å². The number of anilines is 1. The van der Waals surface area contributed by atoms with E-state index in [1.165, 1.54) is 4.88 Å². The zero-order chi connectivity index (χ0) is 14.4. The van der Waals surface area contributed by atoms with Gasteiger partial charge in [0.05, 0.1) is 13.2 Å². The van der Waals surface area contributed by atoms with Crippen LogP contribution >= 0.6 is 27.3 Å². The van der Waals surface area contributed by atoms with Crippen LogP contribution in [0.5, 0.6) is 0 Å². The lowest BCUT2D eigenvalue weighted by molar-refractivity contribution is 0.0945. The van der Waals surface area contributed by atoms with Crippen molar-refractivity contribution in [3.05, 3.63) is 50.6 Å². The Labute approximate surface area is 130 Å². The Balaban J connectivity index is 1.91. The molecule has 2 aromatic rings. The molecule has 6 heteroatoms. The van der Waals surface area contributed by atoms with Gasteiger partial charge in [-0.3, -0.25) is 4.79 Å². The van der Waals surface area contributed by atoms with Gasteiger partial charge in [-0.15, -0.1) is 11.3 Å². The summed E-state index contributed by atoms with van der Waals surface area (Å²) in [6.45, 7) is 0.959. The van der Waals surface area contributed by atoms with Crippen LogP contribution in [0.1, 0.15) is 15.2 Å². The second-order valence-electron chi connectivity index (χ2n) is 4.10. The number of nitrogens with one attached hydrogen (secondary N) is 2. The molecule has 2 rings (SSSR count). The van der Waals surface area contributed by atoms with Crippen LogP contribution in [0, 0.1) is 0 Å². The highest BCUT2D eigenvalue weighted by Gasteiger charge is 2.05. The topological polar surface area (TPSA) is 61.4 Å². The van der Waals surface area contributed by atoms with Crippen LogP contribution in [0.2, 0.25) is 0 Å². The van der Waals surface area contributed by atoms with Crippen LogP contribution in [-0.2, 0) is 6.54 Å². The van der Waals surface area contributed by atoms with Crippen molar-refractivity contribution in [1.29, 1.82) is 0 Å². The minimum atomic E-state index is -0.174. The number of aliphatic hydroxyl groups excluding tert-OH is 1. The van der Waals surface area contributed by atoms with Gasteiger partial charge in [0.25, 0.3) is 5.91 Å². The minimum absolute atomic E-state index is 0.0545. The van der Waals surface area contributed by atoms with E-state index in [1.54, 1.807) is 23.5 Å². The summed E-state index contributed by atoms with van der Waals surface area (Å²) < 4.78 is 1.11. The molecule has 4 nitrogen and oxygen atoms in total. The first-order chi connectivity index (χ1) is 9.70. The summed E-state index contributed by atoms with van der Waals surface area (Å²) in [5, 5.41) is 16.6. The molecule has 1 heterocycles. The van der Waals surface area contributed by atoms with Crippen LogP contribution < -0.4 is 10.6 Å². The number of hydrogen-bond donors (Lipinski definition) is 3. The average molecular weight is 355 g/mol. The largest absolute Gasteiger partial charge is 0.395 e. The van der Waals surface area contributed by atoms with Gasteiger partial charge in [0.2, 0.25) is 0 Å². The third-order valence-corrected chi connectivity index (χ3v) is 4.61. The molecule has 3 N–H and O–H groups in total. The predicted molar refractivity (Wildman–Crippen MR) is 85.2 cm³/mol. The van der Waals surface area contributed by atoms with Crippen molar-refractivity contribution in [2.24, 2.45) is 0 Å². The normalized spacial score (nSPS) is 10.3. The van der Waals surface area contributed by atoms with E-state index in [0.29, 0.717) is 5.56 Å². The first-order valence-corrected chi connectivity index (χ1v) is 7.83. The molecule has 0 radical (unpaired) electrons. The van der Waals surface area contributed by atoms with Crippen molar-refractivity contribution < 1.29 is 9.90 Å². The van der Waals surface area contributed by atoms with Gasteiger partial charge in [0, 0.05) is 27.1 Å². The van der Waals surface area contributed by atoms with Gasteiger partial charge in [-0.25, -0.2) is 0 Å². The van der Waals surface area contributed by atoms with Crippen molar-refractivity contribution >= 4 is 38.9 Å². The van der Waals surface area contributed by atoms with E-state index < -0.39 is 0 Å². The fourth-order valence-electron chi connectivity index (χ4n) is 1.64. The van der Waals surface area contributed by atoms with E-state index >= 15 is 0 Å². The van der Waals surface area contributed by atoms with Crippen LogP contribution in [0.4, 0.5) is 5.69 Å². The summed E-state index contributed by atoms with van der Waals surface area (Å²) >= 11 is 5.18. The number of amides is 1. The molecule has 0 saturated heterocycles. The number of rotatable bonds is 6.